The summed E-state index contributed by atoms with van der Waals surface area (Å²) < 4.78 is 6.56. The van der Waals surface area contributed by atoms with Crippen LogP contribution >= 0.6 is 15.9 Å². The van der Waals surface area contributed by atoms with E-state index in [9.17, 15) is 9.90 Å². The molecule has 0 amide bonds. The highest BCUT2D eigenvalue weighted by Gasteiger charge is 2.20. The SMILES string of the molecule is CC(C)(C)OCCC(Cc1ccccc1Br)C(=O)O. The molecule has 1 N–H and O–H groups in total. The van der Waals surface area contributed by atoms with E-state index in [2.05, 4.69) is 15.9 Å². The van der Waals surface area contributed by atoms with Gasteiger partial charge in [-0.25, -0.2) is 0 Å². The van der Waals surface area contributed by atoms with Gasteiger partial charge in [0.1, 0.15) is 0 Å². The van der Waals surface area contributed by atoms with E-state index in [0.29, 0.717) is 19.4 Å². The molecule has 0 saturated heterocycles. The van der Waals surface area contributed by atoms with E-state index in [1.54, 1.807) is 0 Å². The zero-order valence-electron chi connectivity index (χ0n) is 11.6. The van der Waals surface area contributed by atoms with Gasteiger partial charge in [0, 0.05) is 11.1 Å². The van der Waals surface area contributed by atoms with Crippen LogP contribution in [-0.4, -0.2) is 23.3 Å². The summed E-state index contributed by atoms with van der Waals surface area (Å²) in [5.41, 5.74) is 0.793. The number of hydrogen-bond acceptors (Lipinski definition) is 2. The Bertz CT molecular complexity index is 424. The Morgan fingerprint density at radius 1 is 1.37 bits per heavy atom. The molecular weight excluding hydrogens is 308 g/mol. The van der Waals surface area contributed by atoms with Crippen molar-refractivity contribution in [2.75, 3.05) is 6.61 Å². The quantitative estimate of drug-likeness (QED) is 0.861. The van der Waals surface area contributed by atoms with Gasteiger partial charge in [0.05, 0.1) is 11.5 Å². The van der Waals surface area contributed by atoms with Gasteiger partial charge in [-0.15, -0.1) is 0 Å². The summed E-state index contributed by atoms with van der Waals surface area (Å²) in [7, 11) is 0. The average Bonchev–Trinajstić information content (AvgIpc) is 2.28. The van der Waals surface area contributed by atoms with Gasteiger partial charge >= 0.3 is 5.97 Å². The Morgan fingerprint density at radius 3 is 2.53 bits per heavy atom. The minimum absolute atomic E-state index is 0.226. The molecule has 0 fully saturated rings. The fraction of sp³-hybridized carbons (Fsp3) is 0.533. The van der Waals surface area contributed by atoms with E-state index < -0.39 is 11.9 Å². The number of carboxylic acids is 1. The summed E-state index contributed by atoms with van der Waals surface area (Å²) in [4.78, 5) is 11.3. The van der Waals surface area contributed by atoms with Crippen LogP contribution in [0.4, 0.5) is 0 Å². The van der Waals surface area contributed by atoms with Gasteiger partial charge in [0.2, 0.25) is 0 Å². The average molecular weight is 329 g/mol. The zero-order chi connectivity index (χ0) is 14.5. The van der Waals surface area contributed by atoms with Crippen LogP contribution in [0.15, 0.2) is 28.7 Å². The predicted molar refractivity (Wildman–Crippen MR) is 79.3 cm³/mol. The molecule has 19 heavy (non-hydrogen) atoms. The maximum atomic E-state index is 11.3. The molecule has 3 nitrogen and oxygen atoms in total. The largest absolute Gasteiger partial charge is 0.481 e. The van der Waals surface area contributed by atoms with Crippen LogP contribution in [0.3, 0.4) is 0 Å². The molecule has 0 aromatic heterocycles. The highest BCUT2D eigenvalue weighted by Crippen LogP contribution is 2.21. The highest BCUT2D eigenvalue weighted by atomic mass is 79.9. The van der Waals surface area contributed by atoms with E-state index >= 15 is 0 Å². The Balaban J connectivity index is 2.59. The van der Waals surface area contributed by atoms with Gasteiger partial charge in [-0.2, -0.15) is 0 Å². The number of benzene rings is 1. The number of hydrogen-bond donors (Lipinski definition) is 1. The Labute approximate surface area is 123 Å². The molecule has 0 aliphatic carbocycles. The third kappa shape index (κ3) is 6.21. The standard InChI is InChI=1S/C15H21BrO3/c1-15(2,3)19-9-8-12(14(17)18)10-11-6-4-5-7-13(11)16/h4-7,12H,8-10H2,1-3H3,(H,17,18). The topological polar surface area (TPSA) is 46.5 Å². The number of rotatable bonds is 6. The van der Waals surface area contributed by atoms with Crippen molar-refractivity contribution in [3.8, 4) is 0 Å². The molecule has 1 atom stereocenters. The van der Waals surface area contributed by atoms with Crippen LogP contribution in [0.1, 0.15) is 32.8 Å². The Hall–Kier alpha value is -0.870. The van der Waals surface area contributed by atoms with Gasteiger partial charge < -0.3 is 9.84 Å². The smallest absolute Gasteiger partial charge is 0.306 e. The molecule has 1 aromatic rings. The van der Waals surface area contributed by atoms with Crippen molar-refractivity contribution < 1.29 is 14.6 Å². The van der Waals surface area contributed by atoms with Crippen molar-refractivity contribution in [1.29, 1.82) is 0 Å². The lowest BCUT2D eigenvalue weighted by Gasteiger charge is -2.21. The fourth-order valence-corrected chi connectivity index (χ4v) is 2.20. The fourth-order valence-electron chi connectivity index (χ4n) is 1.75. The van der Waals surface area contributed by atoms with Crippen LogP contribution in [0.2, 0.25) is 0 Å². The molecule has 0 bridgehead atoms. The second-order valence-corrected chi connectivity index (χ2v) is 6.43. The molecule has 0 radical (unpaired) electrons. The van der Waals surface area contributed by atoms with E-state index in [4.69, 9.17) is 4.74 Å². The molecule has 1 aromatic carbocycles. The van der Waals surface area contributed by atoms with E-state index in [1.165, 1.54) is 0 Å². The summed E-state index contributed by atoms with van der Waals surface area (Å²) >= 11 is 3.45. The lowest BCUT2D eigenvalue weighted by Crippen LogP contribution is -2.24. The number of carbonyl (C=O) groups is 1. The summed E-state index contributed by atoms with van der Waals surface area (Å²) in [5, 5.41) is 9.28. The summed E-state index contributed by atoms with van der Waals surface area (Å²) in [6, 6.07) is 7.72. The van der Waals surface area contributed by atoms with Crippen LogP contribution < -0.4 is 0 Å². The van der Waals surface area contributed by atoms with Gasteiger partial charge in [-0.3, -0.25) is 4.79 Å². The maximum absolute atomic E-state index is 11.3. The molecule has 0 aliphatic heterocycles. The van der Waals surface area contributed by atoms with Crippen molar-refractivity contribution in [3.05, 3.63) is 34.3 Å². The van der Waals surface area contributed by atoms with Crippen LogP contribution in [0.5, 0.6) is 0 Å². The number of halogens is 1. The summed E-state index contributed by atoms with van der Waals surface area (Å²) in [6.45, 7) is 6.37. The van der Waals surface area contributed by atoms with Crippen molar-refractivity contribution >= 4 is 21.9 Å². The molecule has 106 valence electrons. The van der Waals surface area contributed by atoms with Gasteiger partial charge in [-0.1, -0.05) is 34.1 Å². The predicted octanol–water partition coefficient (Wildman–Crippen LogP) is 3.90. The second kappa shape index (κ2) is 7.06. The first-order valence-electron chi connectivity index (χ1n) is 6.40. The van der Waals surface area contributed by atoms with Crippen molar-refractivity contribution in [3.63, 3.8) is 0 Å². The molecule has 1 rings (SSSR count). The summed E-state index contributed by atoms with van der Waals surface area (Å²) in [5.74, 6) is -1.19. The molecule has 1 unspecified atom stereocenters. The Morgan fingerprint density at radius 2 is 2.00 bits per heavy atom. The normalized spacial score (nSPS) is 13.3. The number of carboxylic acid groups (broad SMARTS) is 1. The van der Waals surface area contributed by atoms with Crippen LogP contribution in [0, 0.1) is 5.92 Å². The molecule has 0 spiro atoms. The molecule has 0 aliphatic rings. The van der Waals surface area contributed by atoms with Gasteiger partial charge in [0.15, 0.2) is 0 Å². The number of aliphatic carboxylic acids is 1. The van der Waals surface area contributed by atoms with Crippen LogP contribution in [0.25, 0.3) is 0 Å². The lowest BCUT2D eigenvalue weighted by atomic mass is 9.96. The van der Waals surface area contributed by atoms with E-state index in [1.807, 2.05) is 45.0 Å². The highest BCUT2D eigenvalue weighted by molar-refractivity contribution is 9.10. The first-order valence-corrected chi connectivity index (χ1v) is 7.19. The van der Waals surface area contributed by atoms with Gasteiger partial charge in [0.25, 0.3) is 0 Å². The molecular formula is C15H21BrO3. The van der Waals surface area contributed by atoms with Crippen molar-refractivity contribution in [2.24, 2.45) is 5.92 Å². The monoisotopic (exact) mass is 328 g/mol. The zero-order valence-corrected chi connectivity index (χ0v) is 13.2. The molecule has 0 heterocycles. The van der Waals surface area contributed by atoms with E-state index in [-0.39, 0.29) is 5.60 Å². The molecule has 0 saturated carbocycles. The van der Waals surface area contributed by atoms with Crippen molar-refractivity contribution in [1.82, 2.24) is 0 Å². The second-order valence-electron chi connectivity index (χ2n) is 5.58. The lowest BCUT2D eigenvalue weighted by molar-refractivity contribution is -0.142. The Kier molecular flexibility index (Phi) is 6.01. The minimum atomic E-state index is -0.770. The maximum Gasteiger partial charge on any atom is 0.306 e. The third-order valence-corrected chi connectivity index (χ3v) is 3.55. The molecule has 4 heteroatoms. The van der Waals surface area contributed by atoms with Crippen molar-refractivity contribution in [2.45, 2.75) is 39.2 Å². The van der Waals surface area contributed by atoms with Crippen LogP contribution in [-0.2, 0) is 16.0 Å². The number of ether oxygens (including phenoxy) is 1. The first kappa shape index (κ1) is 16.2. The third-order valence-electron chi connectivity index (χ3n) is 2.77. The minimum Gasteiger partial charge on any atom is -0.481 e. The van der Waals surface area contributed by atoms with Gasteiger partial charge in [-0.05, 0) is 45.2 Å². The van der Waals surface area contributed by atoms with E-state index in [0.717, 1.165) is 10.0 Å². The summed E-state index contributed by atoms with van der Waals surface area (Å²) in [6.07, 6.45) is 1.04. The first-order chi connectivity index (χ1) is 8.79.